The third kappa shape index (κ3) is 2.88. The normalized spacial score (nSPS) is 16.7. The topological polar surface area (TPSA) is 49.4 Å². The van der Waals surface area contributed by atoms with Crippen molar-refractivity contribution < 1.29 is 9.59 Å². The van der Waals surface area contributed by atoms with E-state index in [0.29, 0.717) is 10.7 Å². The molecule has 2 aromatic rings. The number of imide groups is 1. The van der Waals surface area contributed by atoms with Crippen LogP contribution in [0.15, 0.2) is 45.9 Å². The number of hydrogen-bond donors (Lipinski definition) is 1. The van der Waals surface area contributed by atoms with E-state index in [1.54, 1.807) is 30.3 Å². The van der Waals surface area contributed by atoms with E-state index in [-0.39, 0.29) is 5.70 Å². The van der Waals surface area contributed by atoms with Crippen LogP contribution in [0.25, 0.3) is 6.08 Å². The summed E-state index contributed by atoms with van der Waals surface area (Å²) in [6.07, 6.45) is 1.65. The highest BCUT2D eigenvalue weighted by Crippen LogP contribution is 2.27. The Labute approximate surface area is 138 Å². The van der Waals surface area contributed by atoms with Crippen molar-refractivity contribution in [2.45, 2.75) is 0 Å². The van der Waals surface area contributed by atoms with Crippen molar-refractivity contribution in [3.05, 3.63) is 55.8 Å². The average molecular weight is 384 g/mol. The lowest BCUT2D eigenvalue weighted by molar-refractivity contribution is -0.113. The van der Waals surface area contributed by atoms with Crippen molar-refractivity contribution in [3.8, 4) is 0 Å². The largest absolute Gasteiger partial charge is 0.333 e. The van der Waals surface area contributed by atoms with E-state index < -0.39 is 11.9 Å². The van der Waals surface area contributed by atoms with Gasteiger partial charge in [-0.1, -0.05) is 17.7 Å². The predicted octanol–water partition coefficient (Wildman–Crippen LogP) is 4.26. The summed E-state index contributed by atoms with van der Waals surface area (Å²) in [7, 11) is 0. The fourth-order valence-corrected chi connectivity index (χ4v) is 3.48. The van der Waals surface area contributed by atoms with Crippen LogP contribution in [-0.2, 0) is 4.79 Å². The number of carbonyl (C=O) groups excluding carboxylic acids is 2. The van der Waals surface area contributed by atoms with Gasteiger partial charge >= 0.3 is 6.03 Å². The molecule has 21 heavy (non-hydrogen) atoms. The molecule has 106 valence electrons. The first-order valence-corrected chi connectivity index (χ1v) is 7.91. The second-order valence-electron chi connectivity index (χ2n) is 4.25. The zero-order valence-electron chi connectivity index (χ0n) is 10.5. The third-order valence-corrected chi connectivity index (χ3v) is 4.63. The number of anilines is 1. The Bertz CT molecular complexity index is 772. The summed E-state index contributed by atoms with van der Waals surface area (Å²) >= 11 is 10.7. The third-order valence-electron chi connectivity index (χ3n) is 2.83. The molecule has 2 heterocycles. The first kappa shape index (κ1) is 14.3. The summed E-state index contributed by atoms with van der Waals surface area (Å²) < 4.78 is 0.956. The molecule has 3 amide bonds. The lowest BCUT2D eigenvalue weighted by Crippen LogP contribution is -2.30. The first-order valence-electron chi connectivity index (χ1n) is 5.92. The molecule has 0 saturated carbocycles. The molecule has 7 heteroatoms. The van der Waals surface area contributed by atoms with E-state index in [1.807, 2.05) is 12.1 Å². The molecule has 1 saturated heterocycles. The van der Waals surface area contributed by atoms with Gasteiger partial charge in [-0.2, -0.15) is 0 Å². The molecule has 1 fully saturated rings. The Morgan fingerprint density at radius 2 is 2.05 bits per heavy atom. The Kier molecular flexibility index (Phi) is 3.84. The van der Waals surface area contributed by atoms with Gasteiger partial charge in [0.15, 0.2) is 0 Å². The maximum Gasteiger partial charge on any atom is 0.333 e. The van der Waals surface area contributed by atoms with Gasteiger partial charge < -0.3 is 5.32 Å². The molecule has 1 N–H and O–H groups in total. The summed E-state index contributed by atoms with van der Waals surface area (Å²) in [5.41, 5.74) is 0.690. The van der Waals surface area contributed by atoms with Gasteiger partial charge in [0, 0.05) is 9.90 Å². The number of nitrogens with zero attached hydrogens (tertiary/aromatic N) is 1. The molecule has 1 aromatic carbocycles. The number of hydrogen-bond acceptors (Lipinski definition) is 3. The van der Waals surface area contributed by atoms with Crippen LogP contribution in [0.4, 0.5) is 10.5 Å². The molecular weight excluding hydrogens is 376 g/mol. The van der Waals surface area contributed by atoms with Gasteiger partial charge in [0.2, 0.25) is 0 Å². The minimum absolute atomic E-state index is 0.245. The number of urea groups is 1. The predicted molar refractivity (Wildman–Crippen MR) is 87.5 cm³/mol. The first-order chi connectivity index (χ1) is 10.0. The van der Waals surface area contributed by atoms with Crippen molar-refractivity contribution in [3.63, 3.8) is 0 Å². The SMILES string of the molecule is O=C1NC(=Cc2ccc(Br)s2)C(=O)N1c1cccc(Cl)c1. The highest BCUT2D eigenvalue weighted by Gasteiger charge is 2.34. The Hall–Kier alpha value is -1.63. The highest BCUT2D eigenvalue weighted by atomic mass is 79.9. The summed E-state index contributed by atoms with van der Waals surface area (Å²) in [4.78, 5) is 26.3. The minimum atomic E-state index is -0.482. The lowest BCUT2D eigenvalue weighted by atomic mass is 10.3. The van der Waals surface area contributed by atoms with E-state index in [1.165, 1.54) is 11.3 Å². The molecule has 0 spiro atoms. The van der Waals surface area contributed by atoms with Crippen LogP contribution >= 0.6 is 38.9 Å². The molecule has 1 aliphatic rings. The number of benzene rings is 1. The molecule has 0 aliphatic carbocycles. The van der Waals surface area contributed by atoms with Gasteiger partial charge in [0.1, 0.15) is 5.70 Å². The molecule has 1 aromatic heterocycles. The molecule has 3 rings (SSSR count). The van der Waals surface area contributed by atoms with E-state index in [4.69, 9.17) is 11.6 Å². The Morgan fingerprint density at radius 3 is 2.71 bits per heavy atom. The standard InChI is InChI=1S/C14H8BrClN2O2S/c15-12-5-4-10(21-12)7-11-13(19)18(14(20)17-11)9-3-1-2-8(16)6-9/h1-7H,(H,17,20). The van der Waals surface area contributed by atoms with Crippen LogP contribution in [0, 0.1) is 0 Å². The summed E-state index contributed by atoms with van der Waals surface area (Å²) in [5, 5.41) is 3.04. The number of carbonyl (C=O) groups is 2. The molecule has 1 aliphatic heterocycles. The van der Waals surface area contributed by atoms with Gasteiger partial charge in [0.25, 0.3) is 5.91 Å². The number of nitrogens with one attached hydrogen (secondary N) is 1. The van der Waals surface area contributed by atoms with Crippen molar-refractivity contribution in [1.29, 1.82) is 0 Å². The zero-order valence-corrected chi connectivity index (χ0v) is 13.6. The zero-order chi connectivity index (χ0) is 15.0. The van der Waals surface area contributed by atoms with Gasteiger partial charge in [-0.15, -0.1) is 11.3 Å². The van der Waals surface area contributed by atoms with Crippen LogP contribution in [0.3, 0.4) is 0 Å². The van der Waals surface area contributed by atoms with Crippen molar-refractivity contribution in [1.82, 2.24) is 5.32 Å². The van der Waals surface area contributed by atoms with Gasteiger partial charge in [0.05, 0.1) is 9.47 Å². The van der Waals surface area contributed by atoms with Gasteiger partial charge in [-0.25, -0.2) is 9.69 Å². The molecule has 4 nitrogen and oxygen atoms in total. The number of rotatable bonds is 2. The van der Waals surface area contributed by atoms with Crippen molar-refractivity contribution >= 4 is 62.6 Å². The number of amides is 3. The molecular formula is C14H8BrClN2O2S. The highest BCUT2D eigenvalue weighted by molar-refractivity contribution is 9.11. The van der Waals surface area contributed by atoms with Crippen molar-refractivity contribution in [2.24, 2.45) is 0 Å². The second kappa shape index (κ2) is 5.63. The summed E-state index contributed by atoms with van der Waals surface area (Å²) in [6, 6.07) is 9.87. The molecule has 0 bridgehead atoms. The van der Waals surface area contributed by atoms with Crippen molar-refractivity contribution in [2.75, 3.05) is 4.90 Å². The van der Waals surface area contributed by atoms with Crippen LogP contribution < -0.4 is 10.2 Å². The summed E-state index contributed by atoms with van der Waals surface area (Å²) in [5.74, 6) is -0.396. The maximum atomic E-state index is 12.4. The molecule has 0 unspecified atom stereocenters. The monoisotopic (exact) mass is 382 g/mol. The van der Waals surface area contributed by atoms with Crippen LogP contribution in [0.2, 0.25) is 5.02 Å². The van der Waals surface area contributed by atoms with Crippen LogP contribution in [0.1, 0.15) is 4.88 Å². The second-order valence-corrected chi connectivity index (χ2v) is 7.18. The molecule has 0 atom stereocenters. The Morgan fingerprint density at radius 1 is 1.24 bits per heavy atom. The van der Waals surface area contributed by atoms with E-state index in [9.17, 15) is 9.59 Å². The molecule has 0 radical (unpaired) electrons. The smallest absolute Gasteiger partial charge is 0.302 e. The average Bonchev–Trinajstić information content (AvgIpc) is 2.94. The van der Waals surface area contributed by atoms with Gasteiger partial charge in [-0.05, 0) is 52.3 Å². The van der Waals surface area contributed by atoms with Crippen LogP contribution in [-0.4, -0.2) is 11.9 Å². The lowest BCUT2D eigenvalue weighted by Gasteiger charge is -2.11. The minimum Gasteiger partial charge on any atom is -0.302 e. The number of thiophene rings is 1. The Balaban J connectivity index is 1.94. The van der Waals surface area contributed by atoms with Gasteiger partial charge in [-0.3, -0.25) is 4.79 Å². The van der Waals surface area contributed by atoms with E-state index in [0.717, 1.165) is 13.6 Å². The van der Waals surface area contributed by atoms with E-state index >= 15 is 0 Å². The fraction of sp³-hybridized carbons (Fsp3) is 0. The quantitative estimate of drug-likeness (QED) is 0.622. The fourth-order valence-electron chi connectivity index (χ4n) is 1.93. The maximum absolute atomic E-state index is 12.4. The van der Waals surface area contributed by atoms with E-state index in [2.05, 4.69) is 21.2 Å². The van der Waals surface area contributed by atoms with Crippen LogP contribution in [0.5, 0.6) is 0 Å². The number of halogens is 2. The summed E-state index contributed by atoms with van der Waals surface area (Å²) in [6.45, 7) is 0.